The van der Waals surface area contributed by atoms with Gasteiger partial charge in [-0.15, -0.1) is 0 Å². The minimum absolute atomic E-state index is 0.0506. The molecule has 1 atom stereocenters. The molecule has 0 unspecified atom stereocenters. The number of carbonyl (C=O) groups is 1. The Kier molecular flexibility index (Phi) is 3.22. The summed E-state index contributed by atoms with van der Waals surface area (Å²) in [4.78, 5) is 22.9. The van der Waals surface area contributed by atoms with Crippen LogP contribution >= 0.6 is 0 Å². The Labute approximate surface area is 76.9 Å². The molecule has 1 amide bonds. The molecule has 5 nitrogen and oxygen atoms in total. The van der Waals surface area contributed by atoms with Crippen molar-refractivity contribution in [3.63, 3.8) is 0 Å². The first-order valence-electron chi connectivity index (χ1n) is 4.53. The third-order valence-electron chi connectivity index (χ3n) is 2.41. The Morgan fingerprint density at radius 1 is 1.69 bits per heavy atom. The molecule has 1 aliphatic rings. The lowest BCUT2D eigenvalue weighted by Gasteiger charge is -2.28. The molecule has 1 rings (SSSR count). The van der Waals surface area contributed by atoms with Gasteiger partial charge in [-0.1, -0.05) is 0 Å². The Bertz CT molecular complexity index is 217. The van der Waals surface area contributed by atoms with E-state index in [0.29, 0.717) is 19.5 Å². The highest BCUT2D eigenvalue weighted by Gasteiger charge is 2.27. The molecule has 1 heterocycles. The highest BCUT2D eigenvalue weighted by atomic mass is 16.6. The van der Waals surface area contributed by atoms with E-state index in [-0.39, 0.29) is 23.3 Å². The maximum absolute atomic E-state index is 11.3. The van der Waals surface area contributed by atoms with Crippen molar-refractivity contribution in [2.75, 3.05) is 19.6 Å². The SMILES string of the molecule is CCN1CC[C@H](C[N+](=O)[O-])CC1=O. The zero-order valence-corrected chi connectivity index (χ0v) is 7.73. The number of nitro groups is 1. The first-order chi connectivity index (χ1) is 6.13. The average Bonchev–Trinajstić information content (AvgIpc) is 2.03. The summed E-state index contributed by atoms with van der Waals surface area (Å²) in [6.07, 6.45) is 1.11. The average molecular weight is 186 g/mol. The van der Waals surface area contributed by atoms with Crippen molar-refractivity contribution in [3.05, 3.63) is 10.1 Å². The van der Waals surface area contributed by atoms with Crippen molar-refractivity contribution in [2.45, 2.75) is 19.8 Å². The van der Waals surface area contributed by atoms with Crippen LogP contribution < -0.4 is 0 Å². The summed E-state index contributed by atoms with van der Waals surface area (Å²) in [6.45, 7) is 3.24. The molecule has 1 fully saturated rings. The Morgan fingerprint density at radius 3 is 2.85 bits per heavy atom. The molecule has 74 valence electrons. The van der Waals surface area contributed by atoms with Crippen molar-refractivity contribution in [1.82, 2.24) is 4.90 Å². The molecule has 0 aromatic carbocycles. The van der Waals surface area contributed by atoms with Gasteiger partial charge >= 0.3 is 0 Å². The van der Waals surface area contributed by atoms with Crippen LogP contribution in [0.1, 0.15) is 19.8 Å². The highest BCUT2D eigenvalue weighted by molar-refractivity contribution is 5.77. The Morgan fingerprint density at radius 2 is 2.38 bits per heavy atom. The molecule has 1 saturated heterocycles. The second kappa shape index (κ2) is 4.20. The van der Waals surface area contributed by atoms with Gasteiger partial charge < -0.3 is 4.90 Å². The summed E-state index contributed by atoms with van der Waals surface area (Å²) in [6, 6.07) is 0. The number of likely N-dealkylation sites (tertiary alicyclic amines) is 1. The van der Waals surface area contributed by atoms with Crippen LogP contribution in [0.3, 0.4) is 0 Å². The predicted octanol–water partition coefficient (Wildman–Crippen LogP) is 0.522. The standard InChI is InChI=1S/C8H14N2O3/c1-2-9-4-3-7(5-8(9)11)6-10(12)13/h7H,2-6H2,1H3/t7-/m0/s1. The molecular formula is C8H14N2O3. The summed E-state index contributed by atoms with van der Waals surface area (Å²) in [5.41, 5.74) is 0. The normalized spacial score (nSPS) is 23.3. The molecule has 0 saturated carbocycles. The number of hydrogen-bond donors (Lipinski definition) is 0. The summed E-state index contributed by atoms with van der Waals surface area (Å²) in [7, 11) is 0. The number of hydrogen-bond acceptors (Lipinski definition) is 3. The largest absolute Gasteiger partial charge is 0.343 e. The van der Waals surface area contributed by atoms with E-state index in [9.17, 15) is 14.9 Å². The second-order valence-corrected chi connectivity index (χ2v) is 3.35. The lowest BCUT2D eigenvalue weighted by Crippen LogP contribution is -2.40. The van der Waals surface area contributed by atoms with Gasteiger partial charge in [-0.05, 0) is 13.3 Å². The Hall–Kier alpha value is -1.13. The molecule has 0 N–H and O–H groups in total. The van der Waals surface area contributed by atoms with E-state index < -0.39 is 0 Å². The fraction of sp³-hybridized carbons (Fsp3) is 0.875. The van der Waals surface area contributed by atoms with Crippen molar-refractivity contribution >= 4 is 5.91 Å². The molecule has 0 radical (unpaired) electrons. The third-order valence-corrected chi connectivity index (χ3v) is 2.41. The maximum Gasteiger partial charge on any atom is 0.223 e. The molecule has 0 spiro atoms. The van der Waals surface area contributed by atoms with Crippen LogP contribution in [0.2, 0.25) is 0 Å². The summed E-state index contributed by atoms with van der Waals surface area (Å²) in [5.74, 6) is 0.00546. The van der Waals surface area contributed by atoms with Gasteiger partial charge in [-0.3, -0.25) is 14.9 Å². The van der Waals surface area contributed by atoms with E-state index in [1.165, 1.54) is 0 Å². The van der Waals surface area contributed by atoms with E-state index in [0.717, 1.165) is 6.42 Å². The molecule has 1 aliphatic heterocycles. The van der Waals surface area contributed by atoms with Crippen molar-refractivity contribution in [2.24, 2.45) is 5.92 Å². The zero-order valence-electron chi connectivity index (χ0n) is 7.73. The summed E-state index contributed by atoms with van der Waals surface area (Å²) < 4.78 is 0. The Balaban J connectivity index is 2.41. The lowest BCUT2D eigenvalue weighted by molar-refractivity contribution is -0.488. The van der Waals surface area contributed by atoms with Crippen molar-refractivity contribution in [1.29, 1.82) is 0 Å². The number of piperidine rings is 1. The minimum Gasteiger partial charge on any atom is -0.343 e. The minimum atomic E-state index is -0.334. The lowest BCUT2D eigenvalue weighted by atomic mass is 9.96. The molecular weight excluding hydrogens is 172 g/mol. The van der Waals surface area contributed by atoms with Gasteiger partial charge in [0.2, 0.25) is 12.5 Å². The number of rotatable bonds is 3. The van der Waals surface area contributed by atoms with Crippen LogP contribution in [0.25, 0.3) is 0 Å². The van der Waals surface area contributed by atoms with Crippen molar-refractivity contribution in [3.8, 4) is 0 Å². The molecule has 0 aromatic heterocycles. The summed E-state index contributed by atoms with van der Waals surface area (Å²) in [5, 5.41) is 10.2. The van der Waals surface area contributed by atoms with Gasteiger partial charge in [0.15, 0.2) is 0 Å². The zero-order chi connectivity index (χ0) is 9.84. The number of amides is 1. The van der Waals surface area contributed by atoms with E-state index in [1.807, 2.05) is 6.92 Å². The van der Waals surface area contributed by atoms with E-state index >= 15 is 0 Å². The van der Waals surface area contributed by atoms with Gasteiger partial charge in [0, 0.05) is 30.4 Å². The van der Waals surface area contributed by atoms with E-state index in [2.05, 4.69) is 0 Å². The topological polar surface area (TPSA) is 63.4 Å². The van der Waals surface area contributed by atoms with Gasteiger partial charge in [-0.2, -0.15) is 0 Å². The molecule has 13 heavy (non-hydrogen) atoms. The first-order valence-corrected chi connectivity index (χ1v) is 4.53. The van der Waals surface area contributed by atoms with Gasteiger partial charge in [0.05, 0.1) is 0 Å². The molecule has 0 aliphatic carbocycles. The summed E-state index contributed by atoms with van der Waals surface area (Å²) >= 11 is 0. The van der Waals surface area contributed by atoms with Crippen LogP contribution in [-0.4, -0.2) is 35.4 Å². The molecule has 0 aromatic rings. The molecule has 0 bridgehead atoms. The van der Waals surface area contributed by atoms with Crippen LogP contribution in [0.4, 0.5) is 0 Å². The quantitative estimate of drug-likeness (QED) is 0.477. The van der Waals surface area contributed by atoms with Gasteiger partial charge in [0.1, 0.15) is 0 Å². The molecule has 5 heteroatoms. The van der Waals surface area contributed by atoms with Crippen LogP contribution in [0, 0.1) is 16.0 Å². The fourth-order valence-corrected chi connectivity index (χ4v) is 1.64. The second-order valence-electron chi connectivity index (χ2n) is 3.35. The number of carbonyl (C=O) groups excluding carboxylic acids is 1. The number of nitrogens with zero attached hydrogens (tertiary/aromatic N) is 2. The van der Waals surface area contributed by atoms with E-state index in [1.54, 1.807) is 4.90 Å². The monoisotopic (exact) mass is 186 g/mol. The third kappa shape index (κ3) is 2.68. The van der Waals surface area contributed by atoms with Gasteiger partial charge in [0.25, 0.3) is 0 Å². The highest BCUT2D eigenvalue weighted by Crippen LogP contribution is 2.17. The van der Waals surface area contributed by atoms with Gasteiger partial charge in [-0.25, -0.2) is 0 Å². The van der Waals surface area contributed by atoms with E-state index in [4.69, 9.17) is 0 Å². The predicted molar refractivity (Wildman–Crippen MR) is 46.8 cm³/mol. The smallest absolute Gasteiger partial charge is 0.223 e. The van der Waals surface area contributed by atoms with Crippen LogP contribution in [-0.2, 0) is 4.79 Å². The first kappa shape index (κ1) is 9.95. The van der Waals surface area contributed by atoms with Crippen LogP contribution in [0.5, 0.6) is 0 Å². The van der Waals surface area contributed by atoms with Crippen LogP contribution in [0.15, 0.2) is 0 Å². The maximum atomic E-state index is 11.3. The van der Waals surface area contributed by atoms with Crippen molar-refractivity contribution < 1.29 is 9.72 Å². The fourth-order valence-electron chi connectivity index (χ4n) is 1.64.